The van der Waals surface area contributed by atoms with E-state index in [4.69, 9.17) is 4.74 Å². The predicted molar refractivity (Wildman–Crippen MR) is 78.8 cm³/mol. The molecule has 0 saturated carbocycles. The first-order valence-electron chi connectivity index (χ1n) is 7.07. The molecule has 0 amide bonds. The van der Waals surface area contributed by atoms with Crippen LogP contribution < -0.4 is 0 Å². The molecule has 2 atom stereocenters. The summed E-state index contributed by atoms with van der Waals surface area (Å²) in [5, 5.41) is 0. The number of benzene rings is 1. The fraction of sp³-hybridized carbons (Fsp3) is 0.647. The van der Waals surface area contributed by atoms with Crippen LogP contribution in [-0.4, -0.2) is 12.7 Å². The molecule has 18 heavy (non-hydrogen) atoms. The average Bonchev–Trinajstić information content (AvgIpc) is 2.38. The van der Waals surface area contributed by atoms with E-state index in [0.29, 0.717) is 5.92 Å². The average molecular weight is 248 g/mol. The second kappa shape index (κ2) is 6.94. The van der Waals surface area contributed by atoms with E-state index in [9.17, 15) is 0 Å². The van der Waals surface area contributed by atoms with E-state index in [2.05, 4.69) is 58.0 Å². The van der Waals surface area contributed by atoms with Gasteiger partial charge in [-0.1, -0.05) is 50.6 Å². The summed E-state index contributed by atoms with van der Waals surface area (Å²) >= 11 is 0. The molecule has 0 fully saturated rings. The number of hydrogen-bond acceptors (Lipinski definition) is 1. The molecule has 1 nitrogen and oxygen atoms in total. The van der Waals surface area contributed by atoms with Crippen molar-refractivity contribution in [2.45, 2.75) is 52.6 Å². The van der Waals surface area contributed by atoms with Crippen molar-refractivity contribution in [3.8, 4) is 0 Å². The van der Waals surface area contributed by atoms with Crippen LogP contribution in [0.5, 0.6) is 0 Å². The number of hydrogen-bond donors (Lipinski definition) is 0. The molecular formula is C17H28O. The smallest absolute Gasteiger partial charge is 0.0625 e. The highest BCUT2D eigenvalue weighted by Gasteiger charge is 2.26. The van der Waals surface area contributed by atoms with Crippen molar-refractivity contribution in [1.29, 1.82) is 0 Å². The molecule has 1 aromatic rings. The van der Waals surface area contributed by atoms with Gasteiger partial charge in [0.25, 0.3) is 0 Å². The molecule has 0 aliphatic carbocycles. The molecule has 1 rings (SSSR count). The first kappa shape index (κ1) is 15.2. The standard InChI is InChI=1S/C17H28O/c1-6-14(2)16(13-17(3,4)18-5)12-15-10-8-7-9-11-15/h7-11,14,16H,6,12-13H2,1-5H3/t14?,16-/m0/s1. The van der Waals surface area contributed by atoms with Crippen LogP contribution in [0.3, 0.4) is 0 Å². The van der Waals surface area contributed by atoms with Crippen molar-refractivity contribution in [2.24, 2.45) is 11.8 Å². The summed E-state index contributed by atoms with van der Waals surface area (Å²) in [6, 6.07) is 10.8. The Hall–Kier alpha value is -0.820. The molecular weight excluding hydrogens is 220 g/mol. The van der Waals surface area contributed by atoms with Crippen molar-refractivity contribution >= 4 is 0 Å². The van der Waals surface area contributed by atoms with Gasteiger partial charge in [-0.2, -0.15) is 0 Å². The topological polar surface area (TPSA) is 9.23 Å². The first-order chi connectivity index (χ1) is 8.48. The number of rotatable bonds is 7. The Morgan fingerprint density at radius 3 is 2.28 bits per heavy atom. The molecule has 0 aliphatic rings. The van der Waals surface area contributed by atoms with E-state index in [0.717, 1.165) is 18.8 Å². The van der Waals surface area contributed by atoms with Crippen LogP contribution in [0.2, 0.25) is 0 Å². The lowest BCUT2D eigenvalue weighted by molar-refractivity contribution is -0.00481. The lowest BCUT2D eigenvalue weighted by Crippen LogP contribution is -2.30. The molecule has 1 aromatic carbocycles. The monoisotopic (exact) mass is 248 g/mol. The zero-order chi connectivity index (χ0) is 13.6. The molecule has 0 spiro atoms. The van der Waals surface area contributed by atoms with Crippen molar-refractivity contribution in [2.75, 3.05) is 7.11 Å². The summed E-state index contributed by atoms with van der Waals surface area (Å²) in [6.45, 7) is 9.02. The van der Waals surface area contributed by atoms with Crippen molar-refractivity contribution in [3.63, 3.8) is 0 Å². The molecule has 0 aliphatic heterocycles. The van der Waals surface area contributed by atoms with E-state index < -0.39 is 0 Å². The van der Waals surface area contributed by atoms with Crippen LogP contribution in [0.4, 0.5) is 0 Å². The van der Waals surface area contributed by atoms with Crippen LogP contribution >= 0.6 is 0 Å². The lowest BCUT2D eigenvalue weighted by atomic mass is 9.79. The van der Waals surface area contributed by atoms with Gasteiger partial charge in [0.2, 0.25) is 0 Å². The minimum atomic E-state index is -0.0249. The molecule has 0 heterocycles. The summed E-state index contributed by atoms with van der Waals surface area (Å²) < 4.78 is 5.60. The predicted octanol–water partition coefficient (Wildman–Crippen LogP) is 4.71. The van der Waals surface area contributed by atoms with Gasteiger partial charge in [-0.15, -0.1) is 0 Å². The fourth-order valence-corrected chi connectivity index (χ4v) is 2.44. The summed E-state index contributed by atoms with van der Waals surface area (Å²) in [5.74, 6) is 1.42. The van der Waals surface area contributed by atoms with Crippen LogP contribution in [0.1, 0.15) is 46.1 Å². The maximum absolute atomic E-state index is 5.60. The second-order valence-corrected chi connectivity index (χ2v) is 6.00. The zero-order valence-electron chi connectivity index (χ0n) is 12.6. The van der Waals surface area contributed by atoms with Gasteiger partial charge in [-0.05, 0) is 44.1 Å². The van der Waals surface area contributed by atoms with E-state index in [1.807, 2.05) is 7.11 Å². The highest BCUT2D eigenvalue weighted by molar-refractivity contribution is 5.15. The van der Waals surface area contributed by atoms with Gasteiger partial charge in [0.15, 0.2) is 0 Å². The van der Waals surface area contributed by atoms with Crippen LogP contribution in [0.15, 0.2) is 30.3 Å². The zero-order valence-corrected chi connectivity index (χ0v) is 12.6. The van der Waals surface area contributed by atoms with Crippen molar-refractivity contribution in [1.82, 2.24) is 0 Å². The molecule has 0 N–H and O–H groups in total. The Bertz CT molecular complexity index is 329. The largest absolute Gasteiger partial charge is 0.379 e. The van der Waals surface area contributed by atoms with Gasteiger partial charge in [0.05, 0.1) is 5.60 Å². The maximum atomic E-state index is 5.60. The Balaban J connectivity index is 2.73. The van der Waals surface area contributed by atoms with E-state index >= 15 is 0 Å². The molecule has 0 saturated heterocycles. The van der Waals surface area contributed by atoms with Gasteiger partial charge < -0.3 is 4.74 Å². The minimum Gasteiger partial charge on any atom is -0.379 e. The summed E-state index contributed by atoms with van der Waals surface area (Å²) in [7, 11) is 1.82. The third kappa shape index (κ3) is 4.81. The Morgan fingerprint density at radius 1 is 1.17 bits per heavy atom. The van der Waals surface area contributed by atoms with Gasteiger partial charge >= 0.3 is 0 Å². The normalized spacial score (nSPS) is 15.4. The Labute approximate surface area is 113 Å². The van der Waals surface area contributed by atoms with Crippen molar-refractivity contribution < 1.29 is 4.74 Å². The molecule has 0 bridgehead atoms. The molecule has 0 radical (unpaired) electrons. The molecule has 102 valence electrons. The fourth-order valence-electron chi connectivity index (χ4n) is 2.44. The van der Waals surface area contributed by atoms with Gasteiger partial charge in [0.1, 0.15) is 0 Å². The highest BCUT2D eigenvalue weighted by Crippen LogP contribution is 2.30. The Kier molecular flexibility index (Phi) is 5.87. The summed E-state index contributed by atoms with van der Waals surface area (Å²) in [5.41, 5.74) is 1.41. The summed E-state index contributed by atoms with van der Waals surface area (Å²) in [4.78, 5) is 0. The second-order valence-electron chi connectivity index (χ2n) is 6.00. The van der Waals surface area contributed by atoms with E-state index in [1.165, 1.54) is 12.0 Å². The highest BCUT2D eigenvalue weighted by atomic mass is 16.5. The SMILES string of the molecule is CCC(C)[C@@H](Cc1ccccc1)CC(C)(C)OC. The third-order valence-corrected chi connectivity index (χ3v) is 4.10. The van der Waals surface area contributed by atoms with Gasteiger partial charge in [0, 0.05) is 7.11 Å². The third-order valence-electron chi connectivity index (χ3n) is 4.10. The van der Waals surface area contributed by atoms with Crippen LogP contribution in [0, 0.1) is 11.8 Å². The van der Waals surface area contributed by atoms with E-state index in [-0.39, 0.29) is 5.60 Å². The van der Waals surface area contributed by atoms with Gasteiger partial charge in [-0.3, -0.25) is 0 Å². The first-order valence-corrected chi connectivity index (χ1v) is 7.07. The summed E-state index contributed by atoms with van der Waals surface area (Å²) in [6.07, 6.45) is 3.51. The van der Waals surface area contributed by atoms with E-state index in [1.54, 1.807) is 0 Å². The van der Waals surface area contributed by atoms with Gasteiger partial charge in [-0.25, -0.2) is 0 Å². The maximum Gasteiger partial charge on any atom is 0.0625 e. The number of methoxy groups -OCH3 is 1. The minimum absolute atomic E-state index is 0.0249. The van der Waals surface area contributed by atoms with Crippen molar-refractivity contribution in [3.05, 3.63) is 35.9 Å². The molecule has 1 unspecified atom stereocenters. The quantitative estimate of drug-likeness (QED) is 0.679. The van der Waals surface area contributed by atoms with Crippen LogP contribution in [0.25, 0.3) is 0 Å². The molecule has 0 aromatic heterocycles. The number of ether oxygens (including phenoxy) is 1. The molecule has 1 heteroatoms. The Morgan fingerprint density at radius 2 is 1.78 bits per heavy atom. The van der Waals surface area contributed by atoms with Crippen LogP contribution in [-0.2, 0) is 11.2 Å². The lowest BCUT2D eigenvalue weighted by Gasteiger charge is -2.32.